The topological polar surface area (TPSA) is 44.8 Å². The predicted molar refractivity (Wildman–Crippen MR) is 75.2 cm³/mol. The van der Waals surface area contributed by atoms with Gasteiger partial charge in [-0.2, -0.15) is 0 Å². The molecule has 5 nitrogen and oxygen atoms in total. The summed E-state index contributed by atoms with van der Waals surface area (Å²) in [5.74, 6) is 0.722. The third-order valence-electron chi connectivity index (χ3n) is 3.84. The van der Waals surface area contributed by atoms with Gasteiger partial charge in [-0.1, -0.05) is 13.8 Å². The second kappa shape index (κ2) is 7.10. The third kappa shape index (κ3) is 4.66. The number of ether oxygens (including phenoxy) is 1. The molecule has 2 rings (SSSR count). The van der Waals surface area contributed by atoms with Gasteiger partial charge in [-0.3, -0.25) is 0 Å². The fourth-order valence-electron chi connectivity index (χ4n) is 2.81. The molecular formula is C14H27N3O2. The highest BCUT2D eigenvalue weighted by molar-refractivity contribution is 5.74. The number of rotatable bonds is 3. The molecule has 0 saturated carbocycles. The number of nitrogens with zero attached hydrogens (tertiary/aromatic N) is 2. The molecule has 1 N–H and O–H groups in total. The molecule has 5 heteroatoms. The number of hydrogen-bond acceptors (Lipinski definition) is 3. The number of likely N-dealkylation sites (tertiary alicyclic amines) is 1. The molecule has 19 heavy (non-hydrogen) atoms. The van der Waals surface area contributed by atoms with Crippen LogP contribution in [0.1, 0.15) is 26.7 Å². The third-order valence-corrected chi connectivity index (χ3v) is 3.84. The van der Waals surface area contributed by atoms with Crippen LogP contribution in [0.3, 0.4) is 0 Å². The molecule has 0 aromatic rings. The highest BCUT2D eigenvalue weighted by atomic mass is 16.5. The summed E-state index contributed by atoms with van der Waals surface area (Å²) in [7, 11) is 0. The smallest absolute Gasteiger partial charge is 0.317 e. The normalized spacial score (nSPS) is 22.8. The van der Waals surface area contributed by atoms with Crippen molar-refractivity contribution in [2.24, 2.45) is 5.92 Å². The van der Waals surface area contributed by atoms with Gasteiger partial charge in [0.05, 0.1) is 13.2 Å². The Morgan fingerprint density at radius 1 is 1.21 bits per heavy atom. The highest BCUT2D eigenvalue weighted by Gasteiger charge is 2.23. The zero-order valence-corrected chi connectivity index (χ0v) is 12.2. The van der Waals surface area contributed by atoms with Gasteiger partial charge in [0.2, 0.25) is 0 Å². The Bertz CT molecular complexity index is 282. The van der Waals surface area contributed by atoms with E-state index in [1.54, 1.807) is 0 Å². The lowest BCUT2D eigenvalue weighted by Crippen LogP contribution is -2.52. The van der Waals surface area contributed by atoms with Crippen molar-refractivity contribution in [3.63, 3.8) is 0 Å². The molecule has 0 bridgehead atoms. The number of nitrogens with one attached hydrogen (secondary N) is 1. The van der Waals surface area contributed by atoms with Crippen LogP contribution in [0.4, 0.5) is 4.79 Å². The Hall–Kier alpha value is -0.810. The Kier molecular flexibility index (Phi) is 5.45. The summed E-state index contributed by atoms with van der Waals surface area (Å²) in [6, 6.07) is 0.435. The molecule has 2 heterocycles. The second-order valence-electron chi connectivity index (χ2n) is 6.02. The molecule has 0 atom stereocenters. The minimum Gasteiger partial charge on any atom is -0.378 e. The summed E-state index contributed by atoms with van der Waals surface area (Å²) in [6.45, 7) is 10.7. The van der Waals surface area contributed by atoms with Gasteiger partial charge in [0.1, 0.15) is 0 Å². The number of carbonyl (C=O) groups excluding carboxylic acids is 1. The summed E-state index contributed by atoms with van der Waals surface area (Å²) in [5.41, 5.74) is 0. The van der Waals surface area contributed by atoms with Crippen molar-refractivity contribution >= 4 is 6.03 Å². The van der Waals surface area contributed by atoms with Crippen LogP contribution < -0.4 is 5.32 Å². The predicted octanol–water partition coefficient (Wildman–Crippen LogP) is 1.15. The molecule has 0 aromatic heterocycles. The molecule has 110 valence electrons. The van der Waals surface area contributed by atoms with Crippen LogP contribution in [-0.4, -0.2) is 67.8 Å². The highest BCUT2D eigenvalue weighted by Crippen LogP contribution is 2.12. The SMILES string of the molecule is CC(C)CN1CCC(NC(=O)N2CCOCC2)CC1. The van der Waals surface area contributed by atoms with E-state index in [1.807, 2.05) is 4.90 Å². The van der Waals surface area contributed by atoms with Crippen LogP contribution in [0.25, 0.3) is 0 Å². The van der Waals surface area contributed by atoms with Crippen molar-refractivity contribution < 1.29 is 9.53 Å². The zero-order valence-electron chi connectivity index (χ0n) is 12.2. The van der Waals surface area contributed by atoms with E-state index < -0.39 is 0 Å². The van der Waals surface area contributed by atoms with E-state index in [0.29, 0.717) is 19.3 Å². The first-order valence-corrected chi connectivity index (χ1v) is 7.50. The molecule has 2 fully saturated rings. The van der Waals surface area contributed by atoms with Crippen LogP contribution in [0, 0.1) is 5.92 Å². The number of urea groups is 1. The average Bonchev–Trinajstić information content (AvgIpc) is 2.41. The van der Waals surface area contributed by atoms with Crippen molar-refractivity contribution in [3.05, 3.63) is 0 Å². The standard InChI is InChI=1S/C14H27N3O2/c1-12(2)11-16-5-3-13(4-6-16)15-14(18)17-7-9-19-10-8-17/h12-13H,3-11H2,1-2H3,(H,15,18). The van der Waals surface area contributed by atoms with Gasteiger partial charge in [-0.15, -0.1) is 0 Å². The summed E-state index contributed by atoms with van der Waals surface area (Å²) in [6.07, 6.45) is 2.14. The van der Waals surface area contributed by atoms with Gasteiger partial charge in [-0.25, -0.2) is 4.79 Å². The maximum atomic E-state index is 12.1. The van der Waals surface area contributed by atoms with E-state index >= 15 is 0 Å². The van der Waals surface area contributed by atoms with E-state index in [2.05, 4.69) is 24.1 Å². The van der Waals surface area contributed by atoms with Crippen molar-refractivity contribution in [1.29, 1.82) is 0 Å². The fraction of sp³-hybridized carbons (Fsp3) is 0.929. The molecular weight excluding hydrogens is 242 g/mol. The lowest BCUT2D eigenvalue weighted by Gasteiger charge is -2.35. The van der Waals surface area contributed by atoms with E-state index in [9.17, 15) is 4.79 Å². The number of amides is 2. The van der Waals surface area contributed by atoms with Crippen LogP contribution in [-0.2, 0) is 4.74 Å². The molecule has 2 aliphatic rings. The van der Waals surface area contributed by atoms with Gasteiger partial charge in [0.25, 0.3) is 0 Å². The fourth-order valence-corrected chi connectivity index (χ4v) is 2.81. The molecule has 0 aromatic carbocycles. The number of hydrogen-bond donors (Lipinski definition) is 1. The summed E-state index contributed by atoms with van der Waals surface area (Å²) in [4.78, 5) is 16.4. The first-order valence-electron chi connectivity index (χ1n) is 7.50. The Balaban J connectivity index is 1.68. The van der Waals surface area contributed by atoms with Crippen LogP contribution in [0.15, 0.2) is 0 Å². The van der Waals surface area contributed by atoms with Gasteiger partial charge in [0, 0.05) is 38.8 Å². The van der Waals surface area contributed by atoms with Crippen molar-refractivity contribution in [1.82, 2.24) is 15.1 Å². The maximum absolute atomic E-state index is 12.1. The van der Waals surface area contributed by atoms with Crippen LogP contribution in [0.2, 0.25) is 0 Å². The monoisotopic (exact) mass is 269 g/mol. The first kappa shape index (κ1) is 14.6. The summed E-state index contributed by atoms with van der Waals surface area (Å²) >= 11 is 0. The minimum absolute atomic E-state index is 0.0885. The minimum atomic E-state index is 0.0885. The van der Waals surface area contributed by atoms with Gasteiger partial charge in [0.15, 0.2) is 0 Å². The Labute approximate surface area is 116 Å². The molecule has 0 radical (unpaired) electrons. The first-order chi connectivity index (χ1) is 9.15. The van der Waals surface area contributed by atoms with Crippen LogP contribution >= 0.6 is 0 Å². The van der Waals surface area contributed by atoms with Crippen LogP contribution in [0.5, 0.6) is 0 Å². The van der Waals surface area contributed by atoms with E-state index in [-0.39, 0.29) is 6.03 Å². The number of piperidine rings is 1. The molecule has 0 spiro atoms. The quantitative estimate of drug-likeness (QED) is 0.836. The van der Waals surface area contributed by atoms with E-state index in [0.717, 1.165) is 44.9 Å². The lowest BCUT2D eigenvalue weighted by molar-refractivity contribution is 0.0516. The van der Waals surface area contributed by atoms with Gasteiger partial charge < -0.3 is 19.9 Å². The summed E-state index contributed by atoms with van der Waals surface area (Å²) in [5, 5.41) is 3.17. The number of morpholine rings is 1. The lowest BCUT2D eigenvalue weighted by atomic mass is 10.0. The molecule has 2 saturated heterocycles. The van der Waals surface area contributed by atoms with E-state index in [4.69, 9.17) is 4.74 Å². The van der Waals surface area contributed by atoms with E-state index in [1.165, 1.54) is 6.54 Å². The second-order valence-corrected chi connectivity index (χ2v) is 6.02. The molecule has 2 amide bonds. The molecule has 0 aliphatic carbocycles. The van der Waals surface area contributed by atoms with Gasteiger partial charge in [-0.05, 0) is 18.8 Å². The Morgan fingerprint density at radius 2 is 1.84 bits per heavy atom. The maximum Gasteiger partial charge on any atom is 0.317 e. The van der Waals surface area contributed by atoms with Gasteiger partial charge >= 0.3 is 6.03 Å². The molecule has 0 unspecified atom stereocenters. The van der Waals surface area contributed by atoms with Crippen molar-refractivity contribution in [3.8, 4) is 0 Å². The zero-order chi connectivity index (χ0) is 13.7. The Morgan fingerprint density at radius 3 is 2.42 bits per heavy atom. The number of carbonyl (C=O) groups is 1. The van der Waals surface area contributed by atoms with Crippen molar-refractivity contribution in [2.75, 3.05) is 45.9 Å². The average molecular weight is 269 g/mol. The molecule has 2 aliphatic heterocycles. The summed E-state index contributed by atoms with van der Waals surface area (Å²) < 4.78 is 5.26. The van der Waals surface area contributed by atoms with Crippen molar-refractivity contribution in [2.45, 2.75) is 32.7 Å². The largest absolute Gasteiger partial charge is 0.378 e.